The van der Waals surface area contributed by atoms with Crippen LogP contribution in [-0.4, -0.2) is 41.7 Å². The third kappa shape index (κ3) is 4.48. The number of piperidine rings is 1. The van der Waals surface area contributed by atoms with Crippen molar-refractivity contribution >= 4 is 11.6 Å². The minimum absolute atomic E-state index is 0.0471. The van der Waals surface area contributed by atoms with Crippen molar-refractivity contribution in [2.75, 3.05) is 25.0 Å². The number of nitrogens with zero attached hydrogens (tertiary/aromatic N) is 1. The van der Waals surface area contributed by atoms with E-state index in [-0.39, 0.29) is 23.6 Å². The predicted octanol–water partition coefficient (Wildman–Crippen LogP) is 3.13. The molecule has 0 saturated carbocycles. The zero-order valence-corrected chi connectivity index (χ0v) is 13.9. The van der Waals surface area contributed by atoms with Gasteiger partial charge in [-0.25, -0.2) is 0 Å². The molecule has 2 rings (SSSR count). The highest BCUT2D eigenvalue weighted by molar-refractivity contribution is 5.94. The van der Waals surface area contributed by atoms with Crippen LogP contribution >= 0.6 is 0 Å². The highest BCUT2D eigenvalue weighted by Gasteiger charge is 2.34. The number of likely N-dealkylation sites (tertiary alicyclic amines) is 1. The van der Waals surface area contributed by atoms with E-state index in [1.807, 2.05) is 11.8 Å². The second kappa shape index (κ2) is 7.11. The molecule has 7 heteroatoms. The zero-order valence-electron chi connectivity index (χ0n) is 13.9. The summed E-state index contributed by atoms with van der Waals surface area (Å²) in [6.45, 7) is 5.06. The van der Waals surface area contributed by atoms with Crippen LogP contribution in [0.5, 0.6) is 0 Å². The largest absolute Gasteiger partial charge is 0.416 e. The Kier molecular flexibility index (Phi) is 5.55. The predicted molar refractivity (Wildman–Crippen MR) is 85.5 cm³/mol. The normalized spacial score (nSPS) is 23.8. The SMILES string of the molecule is CC(C(=O)Nc1cccc(C(F)(F)F)c1)N1CCCC(C)(CO)C1. The average Bonchev–Trinajstić information content (AvgIpc) is 2.53. The molecule has 0 aromatic heterocycles. The van der Waals surface area contributed by atoms with E-state index in [1.54, 1.807) is 6.92 Å². The average molecular weight is 344 g/mol. The number of amides is 1. The maximum atomic E-state index is 12.7. The van der Waals surface area contributed by atoms with Gasteiger partial charge >= 0.3 is 6.18 Å². The molecular weight excluding hydrogens is 321 g/mol. The summed E-state index contributed by atoms with van der Waals surface area (Å²) < 4.78 is 38.2. The molecule has 1 aliphatic rings. The maximum absolute atomic E-state index is 12.7. The molecule has 2 atom stereocenters. The van der Waals surface area contributed by atoms with Gasteiger partial charge in [0.05, 0.1) is 11.6 Å². The number of hydrogen-bond donors (Lipinski definition) is 2. The van der Waals surface area contributed by atoms with E-state index in [2.05, 4.69) is 5.32 Å². The second-order valence-electron chi connectivity index (χ2n) is 6.79. The fraction of sp³-hybridized carbons (Fsp3) is 0.588. The molecule has 1 amide bonds. The number of carbonyl (C=O) groups is 1. The van der Waals surface area contributed by atoms with Crippen LogP contribution in [0.1, 0.15) is 32.3 Å². The Morgan fingerprint density at radius 3 is 2.79 bits per heavy atom. The van der Waals surface area contributed by atoms with Gasteiger partial charge in [-0.2, -0.15) is 13.2 Å². The number of carbonyl (C=O) groups excluding carboxylic acids is 1. The summed E-state index contributed by atoms with van der Waals surface area (Å²) in [5, 5.41) is 12.1. The fourth-order valence-corrected chi connectivity index (χ4v) is 3.00. The molecule has 4 nitrogen and oxygen atoms in total. The summed E-state index contributed by atoms with van der Waals surface area (Å²) in [5.74, 6) is -0.350. The number of hydrogen-bond acceptors (Lipinski definition) is 3. The van der Waals surface area contributed by atoms with E-state index in [1.165, 1.54) is 12.1 Å². The van der Waals surface area contributed by atoms with Gasteiger partial charge in [-0.3, -0.25) is 9.69 Å². The standard InChI is InChI=1S/C17H23F3N2O2/c1-12(22-8-4-7-16(2,10-22)11-23)15(24)21-14-6-3-5-13(9-14)17(18,19)20/h3,5-6,9,12,23H,4,7-8,10-11H2,1-2H3,(H,21,24). The monoisotopic (exact) mass is 344 g/mol. The van der Waals surface area contributed by atoms with E-state index < -0.39 is 17.8 Å². The van der Waals surface area contributed by atoms with Crippen molar-refractivity contribution in [2.45, 2.75) is 38.9 Å². The molecule has 24 heavy (non-hydrogen) atoms. The Hall–Kier alpha value is -1.60. The minimum Gasteiger partial charge on any atom is -0.396 e. The first kappa shape index (κ1) is 18.7. The van der Waals surface area contributed by atoms with E-state index in [0.29, 0.717) is 6.54 Å². The lowest BCUT2D eigenvalue weighted by molar-refractivity contribution is -0.137. The number of alkyl halides is 3. The molecule has 1 aromatic carbocycles. The third-order valence-corrected chi connectivity index (χ3v) is 4.58. The van der Waals surface area contributed by atoms with Gasteiger partial charge in [-0.15, -0.1) is 0 Å². The van der Waals surface area contributed by atoms with Crippen LogP contribution in [0.25, 0.3) is 0 Å². The van der Waals surface area contributed by atoms with Gasteiger partial charge in [0.2, 0.25) is 5.91 Å². The van der Waals surface area contributed by atoms with Crippen LogP contribution in [-0.2, 0) is 11.0 Å². The molecule has 1 aliphatic heterocycles. The lowest BCUT2D eigenvalue weighted by atomic mass is 9.82. The highest BCUT2D eigenvalue weighted by atomic mass is 19.4. The van der Waals surface area contributed by atoms with Gasteiger partial charge in [0.1, 0.15) is 0 Å². The molecule has 0 aliphatic carbocycles. The van der Waals surface area contributed by atoms with Crippen molar-refractivity contribution in [1.29, 1.82) is 0 Å². The summed E-state index contributed by atoms with van der Waals surface area (Å²) in [7, 11) is 0. The van der Waals surface area contributed by atoms with E-state index in [4.69, 9.17) is 0 Å². The Labute approximate surface area is 139 Å². The van der Waals surface area contributed by atoms with Gasteiger partial charge in [0.25, 0.3) is 0 Å². The van der Waals surface area contributed by atoms with E-state index in [0.717, 1.165) is 31.5 Å². The molecule has 2 N–H and O–H groups in total. The number of benzene rings is 1. The first-order chi connectivity index (χ1) is 11.1. The number of aliphatic hydroxyl groups is 1. The van der Waals surface area contributed by atoms with Crippen LogP contribution in [0.15, 0.2) is 24.3 Å². The Morgan fingerprint density at radius 2 is 2.17 bits per heavy atom. The summed E-state index contributed by atoms with van der Waals surface area (Å²) in [6.07, 6.45) is -2.68. The summed E-state index contributed by atoms with van der Waals surface area (Å²) in [4.78, 5) is 14.3. The van der Waals surface area contributed by atoms with Crippen LogP contribution < -0.4 is 5.32 Å². The third-order valence-electron chi connectivity index (χ3n) is 4.58. The number of rotatable bonds is 4. The molecule has 1 aromatic rings. The highest BCUT2D eigenvalue weighted by Crippen LogP contribution is 2.31. The van der Waals surface area contributed by atoms with Gasteiger partial charge < -0.3 is 10.4 Å². The van der Waals surface area contributed by atoms with Crippen molar-refractivity contribution in [3.05, 3.63) is 29.8 Å². The molecule has 0 bridgehead atoms. The van der Waals surface area contributed by atoms with Crippen molar-refractivity contribution in [3.63, 3.8) is 0 Å². The molecular formula is C17H23F3N2O2. The lowest BCUT2D eigenvalue weighted by Gasteiger charge is -2.41. The van der Waals surface area contributed by atoms with E-state index >= 15 is 0 Å². The Morgan fingerprint density at radius 1 is 1.46 bits per heavy atom. The van der Waals surface area contributed by atoms with Crippen LogP contribution in [0, 0.1) is 5.41 Å². The molecule has 0 spiro atoms. The smallest absolute Gasteiger partial charge is 0.396 e. The number of nitrogens with one attached hydrogen (secondary N) is 1. The van der Waals surface area contributed by atoms with Gasteiger partial charge in [0.15, 0.2) is 0 Å². The molecule has 1 saturated heterocycles. The van der Waals surface area contributed by atoms with Crippen molar-refractivity contribution in [3.8, 4) is 0 Å². The topological polar surface area (TPSA) is 52.6 Å². The fourth-order valence-electron chi connectivity index (χ4n) is 3.00. The lowest BCUT2D eigenvalue weighted by Crippen LogP contribution is -2.51. The number of halogens is 3. The van der Waals surface area contributed by atoms with Gasteiger partial charge in [-0.1, -0.05) is 13.0 Å². The first-order valence-corrected chi connectivity index (χ1v) is 7.98. The Bertz CT molecular complexity index is 591. The molecule has 1 heterocycles. The molecule has 1 fully saturated rings. The zero-order chi connectivity index (χ0) is 18.0. The second-order valence-corrected chi connectivity index (χ2v) is 6.79. The quantitative estimate of drug-likeness (QED) is 0.882. The summed E-state index contributed by atoms with van der Waals surface area (Å²) >= 11 is 0. The Balaban J connectivity index is 2.04. The van der Waals surface area contributed by atoms with Crippen molar-refractivity contribution in [2.24, 2.45) is 5.41 Å². The van der Waals surface area contributed by atoms with Gasteiger partial charge in [0, 0.05) is 24.3 Å². The molecule has 134 valence electrons. The van der Waals surface area contributed by atoms with Crippen molar-refractivity contribution in [1.82, 2.24) is 4.90 Å². The molecule has 2 unspecified atom stereocenters. The number of aliphatic hydroxyl groups excluding tert-OH is 1. The minimum atomic E-state index is -4.44. The van der Waals surface area contributed by atoms with Crippen molar-refractivity contribution < 1.29 is 23.1 Å². The van der Waals surface area contributed by atoms with Gasteiger partial charge in [-0.05, 0) is 44.5 Å². The van der Waals surface area contributed by atoms with Crippen LogP contribution in [0.2, 0.25) is 0 Å². The summed E-state index contributed by atoms with van der Waals surface area (Å²) in [6, 6.07) is 4.13. The van der Waals surface area contributed by atoms with Crippen LogP contribution in [0.4, 0.5) is 18.9 Å². The molecule has 0 radical (unpaired) electrons. The van der Waals surface area contributed by atoms with E-state index in [9.17, 15) is 23.1 Å². The first-order valence-electron chi connectivity index (χ1n) is 7.98. The maximum Gasteiger partial charge on any atom is 0.416 e. The summed E-state index contributed by atoms with van der Waals surface area (Å²) in [5.41, 5.74) is -0.911. The van der Waals surface area contributed by atoms with Crippen LogP contribution in [0.3, 0.4) is 0 Å². The number of anilines is 1.